The van der Waals surface area contributed by atoms with Gasteiger partial charge in [-0.2, -0.15) is 0 Å². The highest BCUT2D eigenvalue weighted by Crippen LogP contribution is 2.35. The highest BCUT2D eigenvalue weighted by Gasteiger charge is 2.27. The van der Waals surface area contributed by atoms with Gasteiger partial charge in [0.2, 0.25) is 5.13 Å². The van der Waals surface area contributed by atoms with Crippen molar-refractivity contribution < 1.29 is 0 Å². The fourth-order valence-electron chi connectivity index (χ4n) is 2.91. The normalized spacial score (nSPS) is 17.3. The van der Waals surface area contributed by atoms with Crippen molar-refractivity contribution in [2.75, 3.05) is 18.0 Å². The minimum absolute atomic E-state index is 0.0378. The predicted molar refractivity (Wildman–Crippen MR) is 102 cm³/mol. The molecule has 0 unspecified atom stereocenters. The van der Waals surface area contributed by atoms with Gasteiger partial charge in [-0.3, -0.25) is 0 Å². The lowest BCUT2D eigenvalue weighted by molar-refractivity contribution is 0.364. The third kappa shape index (κ3) is 3.41. The van der Waals surface area contributed by atoms with Crippen molar-refractivity contribution in [3.63, 3.8) is 0 Å². The summed E-state index contributed by atoms with van der Waals surface area (Å²) in [4.78, 5) is 3.50. The highest BCUT2D eigenvalue weighted by atomic mass is 32.2. The van der Waals surface area contributed by atoms with Gasteiger partial charge in [0.15, 0.2) is 4.34 Å². The van der Waals surface area contributed by atoms with Crippen LogP contribution in [-0.4, -0.2) is 28.8 Å². The Morgan fingerprint density at radius 2 is 1.83 bits per heavy atom. The van der Waals surface area contributed by atoms with Crippen LogP contribution in [0.4, 0.5) is 5.13 Å². The first kappa shape index (κ1) is 15.9. The standard InChI is InChI=1S/C18H20N4S2/c1-18(19)8-10-22(11-9-18)16-20-21-17(24-16)23-15-7-6-13-4-2-3-5-14(13)12-15/h2-7,12H,8-11,19H2,1H3. The van der Waals surface area contributed by atoms with E-state index in [9.17, 15) is 0 Å². The summed E-state index contributed by atoms with van der Waals surface area (Å²) in [7, 11) is 0. The van der Waals surface area contributed by atoms with Gasteiger partial charge in [0.25, 0.3) is 0 Å². The molecule has 1 fully saturated rings. The summed E-state index contributed by atoms with van der Waals surface area (Å²) in [6.07, 6.45) is 2.00. The maximum Gasteiger partial charge on any atom is 0.209 e. The molecule has 124 valence electrons. The lowest BCUT2D eigenvalue weighted by atomic mass is 9.91. The number of anilines is 1. The number of nitrogens with two attached hydrogens (primary N) is 1. The van der Waals surface area contributed by atoms with Crippen LogP contribution < -0.4 is 10.6 Å². The van der Waals surface area contributed by atoms with Crippen LogP contribution in [0.3, 0.4) is 0 Å². The molecule has 1 aliphatic rings. The van der Waals surface area contributed by atoms with E-state index < -0.39 is 0 Å². The zero-order valence-corrected chi connectivity index (χ0v) is 15.2. The van der Waals surface area contributed by atoms with Crippen LogP contribution in [-0.2, 0) is 0 Å². The number of nitrogens with zero attached hydrogens (tertiary/aromatic N) is 3. The van der Waals surface area contributed by atoms with Crippen LogP contribution in [0.15, 0.2) is 51.7 Å². The molecule has 0 amide bonds. The van der Waals surface area contributed by atoms with Crippen molar-refractivity contribution in [2.24, 2.45) is 5.73 Å². The molecule has 2 heterocycles. The van der Waals surface area contributed by atoms with Gasteiger partial charge in [-0.1, -0.05) is 53.4 Å². The third-order valence-electron chi connectivity index (χ3n) is 4.50. The zero-order chi connectivity index (χ0) is 16.6. The van der Waals surface area contributed by atoms with Gasteiger partial charge in [-0.05, 0) is 42.7 Å². The molecule has 1 aliphatic heterocycles. The quantitative estimate of drug-likeness (QED) is 0.764. The molecule has 0 bridgehead atoms. The molecule has 4 nitrogen and oxygen atoms in total. The molecule has 24 heavy (non-hydrogen) atoms. The Labute approximate surface area is 150 Å². The van der Waals surface area contributed by atoms with Crippen molar-refractivity contribution in [1.29, 1.82) is 0 Å². The summed E-state index contributed by atoms with van der Waals surface area (Å²) in [5.74, 6) is 0. The summed E-state index contributed by atoms with van der Waals surface area (Å²) >= 11 is 3.35. The molecule has 2 N–H and O–H groups in total. The van der Waals surface area contributed by atoms with E-state index in [1.54, 1.807) is 23.1 Å². The van der Waals surface area contributed by atoms with Crippen LogP contribution in [0.2, 0.25) is 0 Å². The summed E-state index contributed by atoms with van der Waals surface area (Å²) in [6.45, 7) is 4.05. The fraction of sp³-hybridized carbons (Fsp3) is 0.333. The fourth-order valence-corrected chi connectivity index (χ4v) is 4.83. The predicted octanol–water partition coefficient (Wildman–Crippen LogP) is 4.16. The summed E-state index contributed by atoms with van der Waals surface area (Å²) in [5, 5.41) is 12.3. The second kappa shape index (κ2) is 6.35. The monoisotopic (exact) mass is 356 g/mol. The average molecular weight is 357 g/mol. The lowest BCUT2D eigenvalue weighted by Crippen LogP contribution is -2.48. The van der Waals surface area contributed by atoms with Crippen LogP contribution in [0.25, 0.3) is 10.8 Å². The molecule has 6 heteroatoms. The van der Waals surface area contributed by atoms with E-state index >= 15 is 0 Å². The third-order valence-corrected chi connectivity index (χ3v) is 6.52. The van der Waals surface area contributed by atoms with Crippen LogP contribution in [0, 0.1) is 0 Å². The molecule has 2 aromatic carbocycles. The van der Waals surface area contributed by atoms with Gasteiger partial charge < -0.3 is 10.6 Å². The van der Waals surface area contributed by atoms with E-state index in [0.717, 1.165) is 35.4 Å². The Morgan fingerprint density at radius 3 is 2.62 bits per heavy atom. The number of fused-ring (bicyclic) bond motifs is 1. The van der Waals surface area contributed by atoms with Gasteiger partial charge in [0, 0.05) is 23.5 Å². The molecule has 1 aromatic heterocycles. The molecule has 0 radical (unpaired) electrons. The maximum atomic E-state index is 6.21. The first-order valence-corrected chi connectivity index (χ1v) is 9.76. The smallest absolute Gasteiger partial charge is 0.209 e. The van der Waals surface area contributed by atoms with E-state index in [0.29, 0.717) is 0 Å². The van der Waals surface area contributed by atoms with Crippen molar-refractivity contribution in [2.45, 2.75) is 34.5 Å². The molecule has 4 rings (SSSR count). The first-order chi connectivity index (χ1) is 11.6. The van der Waals surface area contributed by atoms with E-state index in [4.69, 9.17) is 5.73 Å². The largest absolute Gasteiger partial charge is 0.346 e. The summed E-state index contributed by atoms with van der Waals surface area (Å²) in [6, 6.07) is 14.9. The SMILES string of the molecule is CC1(N)CCN(c2nnc(Sc3ccc4ccccc4c3)s2)CC1. The number of rotatable bonds is 3. The van der Waals surface area contributed by atoms with E-state index in [1.165, 1.54) is 15.7 Å². The maximum absolute atomic E-state index is 6.21. The van der Waals surface area contributed by atoms with Gasteiger partial charge >= 0.3 is 0 Å². The number of benzene rings is 2. The lowest BCUT2D eigenvalue weighted by Gasteiger charge is -2.36. The average Bonchev–Trinajstić information content (AvgIpc) is 3.03. The Balaban J connectivity index is 1.48. The Hall–Kier alpha value is -1.63. The Kier molecular flexibility index (Phi) is 4.20. The molecule has 0 atom stereocenters. The minimum atomic E-state index is -0.0378. The highest BCUT2D eigenvalue weighted by molar-refractivity contribution is 8.01. The summed E-state index contributed by atoms with van der Waals surface area (Å²) < 4.78 is 0.987. The number of hydrogen-bond acceptors (Lipinski definition) is 6. The number of hydrogen-bond donors (Lipinski definition) is 1. The van der Waals surface area contributed by atoms with Crippen molar-refractivity contribution in [3.8, 4) is 0 Å². The molecular weight excluding hydrogens is 336 g/mol. The number of piperidine rings is 1. The van der Waals surface area contributed by atoms with Gasteiger partial charge in [0.1, 0.15) is 0 Å². The van der Waals surface area contributed by atoms with Crippen LogP contribution in [0.5, 0.6) is 0 Å². The molecular formula is C18H20N4S2. The van der Waals surface area contributed by atoms with Gasteiger partial charge in [-0.15, -0.1) is 10.2 Å². The second-order valence-electron chi connectivity index (χ2n) is 6.60. The van der Waals surface area contributed by atoms with Gasteiger partial charge in [-0.25, -0.2) is 0 Å². The molecule has 0 aliphatic carbocycles. The molecule has 0 spiro atoms. The second-order valence-corrected chi connectivity index (χ2v) is 8.88. The van der Waals surface area contributed by atoms with Crippen LogP contribution >= 0.6 is 23.1 Å². The topological polar surface area (TPSA) is 55.0 Å². The number of aromatic nitrogens is 2. The molecule has 3 aromatic rings. The summed E-state index contributed by atoms with van der Waals surface area (Å²) in [5.41, 5.74) is 6.17. The zero-order valence-electron chi connectivity index (χ0n) is 13.6. The molecule has 1 saturated heterocycles. The van der Waals surface area contributed by atoms with Crippen LogP contribution in [0.1, 0.15) is 19.8 Å². The van der Waals surface area contributed by atoms with Crippen molar-refractivity contribution in [1.82, 2.24) is 10.2 Å². The first-order valence-electron chi connectivity index (χ1n) is 8.13. The van der Waals surface area contributed by atoms with E-state index in [-0.39, 0.29) is 5.54 Å². The minimum Gasteiger partial charge on any atom is -0.346 e. The van der Waals surface area contributed by atoms with Gasteiger partial charge in [0.05, 0.1) is 0 Å². The van der Waals surface area contributed by atoms with Crippen molar-refractivity contribution >= 4 is 39.0 Å². The van der Waals surface area contributed by atoms with Crippen molar-refractivity contribution in [3.05, 3.63) is 42.5 Å². The van der Waals surface area contributed by atoms with E-state index in [1.807, 2.05) is 0 Å². The Bertz CT molecular complexity index is 849. The van der Waals surface area contributed by atoms with E-state index in [2.05, 4.69) is 64.5 Å². The Morgan fingerprint density at radius 1 is 1.08 bits per heavy atom. The molecule has 0 saturated carbocycles.